The van der Waals surface area contributed by atoms with Gasteiger partial charge in [0, 0.05) is 23.3 Å². The second-order valence-electron chi connectivity index (χ2n) is 8.56. The van der Waals surface area contributed by atoms with E-state index in [9.17, 15) is 14.4 Å². The lowest BCUT2D eigenvalue weighted by molar-refractivity contribution is -0.124. The van der Waals surface area contributed by atoms with Crippen LogP contribution < -0.4 is 20.1 Å². The summed E-state index contributed by atoms with van der Waals surface area (Å²) in [6.45, 7) is 1.94. The monoisotopic (exact) mass is 500 g/mol. The third kappa shape index (κ3) is 9.26. The Morgan fingerprint density at radius 1 is 1.11 bits per heavy atom. The number of likely N-dealkylation sites (N-methyl/N-ethyl adjacent to an activating group) is 2. The van der Waals surface area contributed by atoms with Gasteiger partial charge in [-0.25, -0.2) is 0 Å². The molecule has 0 atom stereocenters. The fraction of sp³-hybridized carbons (Fsp3) is 0.423. The van der Waals surface area contributed by atoms with E-state index < -0.39 is 0 Å². The van der Waals surface area contributed by atoms with Gasteiger partial charge < -0.3 is 29.8 Å². The van der Waals surface area contributed by atoms with Crippen LogP contribution in [0, 0.1) is 6.92 Å². The molecule has 0 heterocycles. The Hall–Kier alpha value is -3.04. The van der Waals surface area contributed by atoms with Gasteiger partial charge in [0.05, 0.1) is 19.2 Å². The normalized spacial score (nSPS) is 14.1. The zero-order chi connectivity index (χ0) is 25.7. The number of aryl methyl sites for hydroxylation is 1. The number of hydrogen-bond acceptors (Lipinski definition) is 7. The Kier molecular flexibility index (Phi) is 11.6. The third-order valence-corrected chi connectivity index (χ3v) is 6.73. The van der Waals surface area contributed by atoms with E-state index in [1.54, 1.807) is 14.2 Å². The maximum Gasteiger partial charge on any atom is 0.243 e. The van der Waals surface area contributed by atoms with Crippen LogP contribution in [0.3, 0.4) is 0 Å². The van der Waals surface area contributed by atoms with Crippen LogP contribution in [0.15, 0.2) is 47.4 Å². The largest absolute Gasteiger partial charge is 0.497 e. The summed E-state index contributed by atoms with van der Waals surface area (Å²) in [5.41, 5.74) is 2.46. The zero-order valence-electron chi connectivity index (χ0n) is 20.9. The first-order valence-corrected chi connectivity index (χ1v) is 12.4. The van der Waals surface area contributed by atoms with Crippen molar-refractivity contribution in [2.45, 2.75) is 49.5 Å². The molecule has 8 nitrogen and oxygen atoms in total. The highest BCUT2D eigenvalue weighted by Crippen LogP contribution is 2.27. The highest BCUT2D eigenvalue weighted by Gasteiger charge is 2.29. The molecule has 1 aliphatic carbocycles. The topological polar surface area (TPSA) is 99.8 Å². The number of rotatable bonds is 10. The standard InChI is InChI=1S/C18H21N3O3S.C8H15NO/c1-13-4-9-16(10-17(13)19-18(23)11-21(2)12-22)25-20-14-5-7-15(24-3)8-6-14;1-9-8(7-10)5-3-2-4-6-8/h4-10,12,20H,11H2,1-3H3,(H,19,23);7,9H,2-6H2,1H3. The molecule has 9 heteroatoms. The maximum atomic E-state index is 11.9. The molecule has 0 radical (unpaired) electrons. The van der Waals surface area contributed by atoms with Crippen LogP contribution in [0.2, 0.25) is 0 Å². The van der Waals surface area contributed by atoms with Gasteiger partial charge in [-0.3, -0.25) is 9.59 Å². The number of amides is 2. The minimum Gasteiger partial charge on any atom is -0.497 e. The van der Waals surface area contributed by atoms with E-state index in [0.717, 1.165) is 46.7 Å². The van der Waals surface area contributed by atoms with E-state index >= 15 is 0 Å². The first-order chi connectivity index (χ1) is 16.8. The van der Waals surface area contributed by atoms with Crippen LogP contribution in [-0.2, 0) is 14.4 Å². The summed E-state index contributed by atoms with van der Waals surface area (Å²) < 4.78 is 8.38. The summed E-state index contributed by atoms with van der Waals surface area (Å²) in [5, 5.41) is 5.93. The van der Waals surface area contributed by atoms with Crippen molar-refractivity contribution in [3.63, 3.8) is 0 Å². The molecular weight excluding hydrogens is 464 g/mol. The molecule has 190 valence electrons. The molecule has 0 aromatic heterocycles. The first kappa shape index (κ1) is 28.2. The summed E-state index contributed by atoms with van der Waals surface area (Å²) in [7, 11) is 5.07. The highest BCUT2D eigenvalue weighted by molar-refractivity contribution is 8.00. The van der Waals surface area contributed by atoms with Crippen LogP contribution in [0.25, 0.3) is 0 Å². The highest BCUT2D eigenvalue weighted by atomic mass is 32.2. The van der Waals surface area contributed by atoms with Crippen molar-refractivity contribution in [1.29, 1.82) is 0 Å². The van der Waals surface area contributed by atoms with Gasteiger partial charge in [-0.1, -0.05) is 25.3 Å². The van der Waals surface area contributed by atoms with Crippen molar-refractivity contribution < 1.29 is 19.1 Å². The SMILES string of the molecule is CNC1(C=O)CCCCC1.COc1ccc(NSc2ccc(C)c(NC(=O)CN(C)C=O)c2)cc1. The van der Waals surface area contributed by atoms with E-state index in [0.29, 0.717) is 6.41 Å². The number of carbonyl (C=O) groups is 3. The lowest BCUT2D eigenvalue weighted by atomic mass is 9.83. The van der Waals surface area contributed by atoms with Crippen molar-refractivity contribution in [3.05, 3.63) is 48.0 Å². The molecule has 0 aliphatic heterocycles. The number of hydrogen-bond donors (Lipinski definition) is 3. The van der Waals surface area contributed by atoms with Gasteiger partial charge in [-0.15, -0.1) is 0 Å². The molecule has 1 aliphatic rings. The molecule has 3 rings (SSSR count). The first-order valence-electron chi connectivity index (χ1n) is 11.6. The predicted molar refractivity (Wildman–Crippen MR) is 142 cm³/mol. The van der Waals surface area contributed by atoms with Gasteiger partial charge in [0.2, 0.25) is 12.3 Å². The van der Waals surface area contributed by atoms with E-state index in [4.69, 9.17) is 4.74 Å². The number of ether oxygens (including phenoxy) is 1. The van der Waals surface area contributed by atoms with Crippen LogP contribution in [0.4, 0.5) is 11.4 Å². The van der Waals surface area contributed by atoms with Crippen LogP contribution >= 0.6 is 11.9 Å². The van der Waals surface area contributed by atoms with E-state index in [1.165, 1.54) is 36.1 Å². The number of anilines is 2. The number of nitrogens with zero attached hydrogens (tertiary/aromatic N) is 1. The van der Waals surface area contributed by atoms with E-state index in [-0.39, 0.29) is 18.0 Å². The Morgan fingerprint density at radius 3 is 2.34 bits per heavy atom. The fourth-order valence-electron chi connectivity index (χ4n) is 3.64. The Labute approximate surface area is 212 Å². The average Bonchev–Trinajstić information content (AvgIpc) is 2.90. The van der Waals surface area contributed by atoms with Gasteiger partial charge in [-0.2, -0.15) is 0 Å². The molecular formula is C26H36N4O4S. The van der Waals surface area contributed by atoms with Crippen molar-refractivity contribution in [2.75, 3.05) is 37.8 Å². The van der Waals surface area contributed by atoms with Crippen LogP contribution in [0.5, 0.6) is 5.75 Å². The Balaban J connectivity index is 0.000000360. The van der Waals surface area contributed by atoms with Crippen molar-refractivity contribution in [3.8, 4) is 5.75 Å². The zero-order valence-corrected chi connectivity index (χ0v) is 21.7. The molecule has 0 unspecified atom stereocenters. The van der Waals surface area contributed by atoms with Gasteiger partial charge in [0.25, 0.3) is 0 Å². The van der Waals surface area contributed by atoms with E-state index in [1.807, 2.05) is 56.4 Å². The molecule has 0 spiro atoms. The molecule has 3 N–H and O–H groups in total. The quantitative estimate of drug-likeness (QED) is 0.331. The molecule has 2 amide bonds. The molecule has 2 aromatic rings. The number of benzene rings is 2. The van der Waals surface area contributed by atoms with Crippen molar-refractivity contribution >= 4 is 41.9 Å². The summed E-state index contributed by atoms with van der Waals surface area (Å²) in [6.07, 6.45) is 7.42. The third-order valence-electron chi connectivity index (χ3n) is 5.90. The second kappa shape index (κ2) is 14.4. The summed E-state index contributed by atoms with van der Waals surface area (Å²) >= 11 is 1.45. The molecule has 0 bridgehead atoms. The van der Waals surface area contributed by atoms with Crippen LogP contribution in [0.1, 0.15) is 37.7 Å². The minimum absolute atomic E-state index is 0.0183. The van der Waals surface area contributed by atoms with Gasteiger partial charge in [-0.05, 0) is 80.7 Å². The number of nitrogens with one attached hydrogen (secondary N) is 3. The summed E-state index contributed by atoms with van der Waals surface area (Å²) in [5.74, 6) is 0.569. The minimum atomic E-state index is -0.233. The summed E-state index contributed by atoms with van der Waals surface area (Å²) in [4.78, 5) is 35.4. The maximum absolute atomic E-state index is 11.9. The Morgan fingerprint density at radius 2 is 1.80 bits per heavy atom. The molecule has 2 aromatic carbocycles. The summed E-state index contributed by atoms with van der Waals surface area (Å²) in [6, 6.07) is 13.4. The Bertz CT molecular complexity index is 962. The molecule has 0 saturated heterocycles. The number of methoxy groups -OCH3 is 1. The number of aldehydes is 1. The van der Waals surface area contributed by atoms with E-state index in [2.05, 4.69) is 15.4 Å². The lowest BCUT2D eigenvalue weighted by Crippen LogP contribution is -2.45. The second-order valence-corrected chi connectivity index (χ2v) is 9.44. The molecule has 1 fully saturated rings. The molecule has 35 heavy (non-hydrogen) atoms. The van der Waals surface area contributed by atoms with Gasteiger partial charge >= 0.3 is 0 Å². The smallest absolute Gasteiger partial charge is 0.243 e. The average molecular weight is 501 g/mol. The number of carbonyl (C=O) groups excluding carboxylic acids is 3. The van der Waals surface area contributed by atoms with Gasteiger partial charge in [0.15, 0.2) is 0 Å². The predicted octanol–water partition coefficient (Wildman–Crippen LogP) is 4.26. The van der Waals surface area contributed by atoms with Crippen molar-refractivity contribution in [2.24, 2.45) is 0 Å². The van der Waals surface area contributed by atoms with Gasteiger partial charge in [0.1, 0.15) is 12.0 Å². The lowest BCUT2D eigenvalue weighted by Gasteiger charge is -2.31. The van der Waals surface area contributed by atoms with Crippen LogP contribution in [-0.4, -0.2) is 56.8 Å². The fourth-order valence-corrected chi connectivity index (χ4v) is 4.32. The molecule has 1 saturated carbocycles. The van der Waals surface area contributed by atoms with Crippen molar-refractivity contribution in [1.82, 2.24) is 10.2 Å².